The maximum Gasteiger partial charge on any atom is 0.407 e. The third kappa shape index (κ3) is 8.42. The van der Waals surface area contributed by atoms with E-state index in [1.807, 2.05) is 11.1 Å². The van der Waals surface area contributed by atoms with E-state index in [1.54, 1.807) is 4.90 Å². The maximum atomic E-state index is 13.4. The lowest BCUT2D eigenvalue weighted by Crippen LogP contribution is -2.55. The van der Waals surface area contributed by atoms with Gasteiger partial charge in [0.15, 0.2) is 0 Å². The van der Waals surface area contributed by atoms with Gasteiger partial charge < -0.3 is 39.8 Å². The lowest BCUT2D eigenvalue weighted by atomic mass is 9.94. The van der Waals surface area contributed by atoms with Gasteiger partial charge in [0.05, 0.1) is 39.0 Å². The minimum absolute atomic E-state index is 0.0309. The number of aliphatic hydroxyl groups is 1. The molecule has 3 N–H and O–H groups in total. The van der Waals surface area contributed by atoms with Crippen LogP contribution in [0.1, 0.15) is 56.6 Å². The molecule has 2 aromatic carbocycles. The van der Waals surface area contributed by atoms with E-state index in [4.69, 9.17) is 14.5 Å². The molecule has 0 spiro atoms. The number of nitrogens with one attached hydrogen (secondary N) is 2. The molecule has 5 atom stereocenters. The molecular weight excluding hydrogens is 690 g/mol. The summed E-state index contributed by atoms with van der Waals surface area (Å²) in [4.78, 5) is 58.8. The summed E-state index contributed by atoms with van der Waals surface area (Å²) in [6.07, 6.45) is 8.32. The number of methoxy groups -OCH3 is 3. The summed E-state index contributed by atoms with van der Waals surface area (Å²) in [7, 11) is 3.99. The molecule has 4 aliphatic rings. The summed E-state index contributed by atoms with van der Waals surface area (Å²) in [6, 6.07) is 14.8. The summed E-state index contributed by atoms with van der Waals surface area (Å²) in [6.45, 7) is 2.69. The minimum Gasteiger partial charge on any atom is -0.453 e. The Morgan fingerprint density at radius 1 is 0.759 bits per heavy atom. The van der Waals surface area contributed by atoms with Gasteiger partial charge in [-0.3, -0.25) is 14.6 Å². The lowest BCUT2D eigenvalue weighted by molar-refractivity contribution is -0.136. The highest BCUT2D eigenvalue weighted by Gasteiger charge is 2.39. The van der Waals surface area contributed by atoms with Crippen LogP contribution >= 0.6 is 0 Å². The average Bonchev–Trinajstić information content (AvgIpc) is 4.03. The third-order valence-corrected chi connectivity index (χ3v) is 10.7. The van der Waals surface area contributed by atoms with Crippen molar-refractivity contribution in [2.45, 2.75) is 75.7 Å². The Morgan fingerprint density at radius 2 is 1.31 bits per heavy atom. The van der Waals surface area contributed by atoms with Crippen LogP contribution in [-0.4, -0.2) is 116 Å². The van der Waals surface area contributed by atoms with E-state index in [2.05, 4.69) is 76.1 Å². The topological polar surface area (TPSA) is 159 Å². The molecule has 2 fully saturated rings. The molecule has 2 saturated heterocycles. The number of alkyl carbamates (subject to hydrolysis) is 2. The summed E-state index contributed by atoms with van der Waals surface area (Å²) in [5.74, 6) is -0.516. The predicted octanol–water partition coefficient (Wildman–Crippen LogP) is 4.71. The van der Waals surface area contributed by atoms with Crippen molar-refractivity contribution in [1.29, 1.82) is 0 Å². The Kier molecular flexibility index (Phi) is 12.3. The van der Waals surface area contributed by atoms with E-state index in [1.165, 1.54) is 39.4 Å². The van der Waals surface area contributed by atoms with Crippen LogP contribution in [-0.2, 0) is 23.8 Å². The molecule has 13 nitrogen and oxygen atoms in total. The van der Waals surface area contributed by atoms with Gasteiger partial charge >= 0.3 is 12.2 Å². The zero-order chi connectivity index (χ0) is 38.4. The van der Waals surface area contributed by atoms with Crippen LogP contribution in [0, 0.1) is 0 Å². The van der Waals surface area contributed by atoms with Gasteiger partial charge in [0.1, 0.15) is 12.1 Å². The van der Waals surface area contributed by atoms with Gasteiger partial charge in [-0.1, -0.05) is 60.7 Å². The molecule has 6 rings (SSSR count). The van der Waals surface area contributed by atoms with E-state index >= 15 is 0 Å². The van der Waals surface area contributed by atoms with E-state index in [9.17, 15) is 24.3 Å². The number of carbonyl (C=O) groups excluding carboxylic acids is 4. The smallest absolute Gasteiger partial charge is 0.407 e. The largest absolute Gasteiger partial charge is 0.453 e. The number of hydrogen-bond donors (Lipinski definition) is 3. The standard InChI is InChI=1S/C41H49N5O8/c1-25(47)37(44-41(51)54-4)39(49)46-20-6-8-36(46)33-22-32(23-42-33)29-15-11-27(12-16-29)26-9-13-28(14-10-26)30-17-18-31(21-30)35-7-5-19-45(35)38(48)34(24-52-2)43-40(50)53-3/h9-18,23,25,34-37,47H,5-8,19-22,24H2,1-4H3,(H,43,50)(H,44,51)/t25-,34+,35+,36+,37+/m1/s1. The number of ether oxygens (including phenoxy) is 3. The van der Waals surface area contributed by atoms with Crippen molar-refractivity contribution in [2.24, 2.45) is 4.99 Å². The molecule has 54 heavy (non-hydrogen) atoms. The average molecular weight is 740 g/mol. The number of amides is 4. The fourth-order valence-electron chi connectivity index (χ4n) is 7.84. The number of nitrogens with zero attached hydrogens (tertiary/aromatic N) is 3. The number of aliphatic hydroxyl groups excluding tert-OH is 1. The highest BCUT2D eigenvalue weighted by Crippen LogP contribution is 2.37. The predicted molar refractivity (Wildman–Crippen MR) is 204 cm³/mol. The number of aliphatic imine (C=N–C) groups is 1. The van der Waals surface area contributed by atoms with Crippen molar-refractivity contribution in [3.8, 4) is 11.1 Å². The van der Waals surface area contributed by atoms with Crippen molar-refractivity contribution in [2.75, 3.05) is 41.0 Å². The fraction of sp³-hybridized carbons (Fsp3) is 0.439. The second-order valence-electron chi connectivity index (χ2n) is 14.1. The molecule has 13 heteroatoms. The van der Waals surface area contributed by atoms with Crippen LogP contribution in [0.3, 0.4) is 0 Å². The zero-order valence-corrected chi connectivity index (χ0v) is 31.2. The minimum atomic E-state index is -1.10. The first-order valence-corrected chi connectivity index (χ1v) is 18.4. The van der Waals surface area contributed by atoms with E-state index in [-0.39, 0.29) is 30.5 Å². The Morgan fingerprint density at radius 3 is 1.91 bits per heavy atom. The summed E-state index contributed by atoms with van der Waals surface area (Å²) >= 11 is 0. The molecule has 0 bridgehead atoms. The van der Waals surface area contributed by atoms with E-state index in [0.717, 1.165) is 65.6 Å². The molecule has 3 aliphatic heterocycles. The summed E-state index contributed by atoms with van der Waals surface area (Å²) < 4.78 is 14.6. The number of benzene rings is 2. The summed E-state index contributed by atoms with van der Waals surface area (Å²) in [5.41, 5.74) is 8.72. The second kappa shape index (κ2) is 17.3. The van der Waals surface area contributed by atoms with Gasteiger partial charge in [-0.2, -0.15) is 0 Å². The number of rotatable bonds is 12. The normalized spacial score (nSPS) is 21.1. The van der Waals surface area contributed by atoms with Gasteiger partial charge in [-0.05, 0) is 78.0 Å². The Bertz CT molecular complexity index is 1850. The monoisotopic (exact) mass is 739 g/mol. The van der Waals surface area contributed by atoms with Crippen molar-refractivity contribution < 1.29 is 38.5 Å². The molecule has 0 saturated carbocycles. The van der Waals surface area contributed by atoms with Crippen molar-refractivity contribution in [3.63, 3.8) is 0 Å². The Balaban J connectivity index is 1.04. The molecule has 2 aromatic rings. The van der Waals surface area contributed by atoms with Gasteiger partial charge in [0.2, 0.25) is 11.8 Å². The molecule has 3 heterocycles. The quantitative estimate of drug-likeness (QED) is 0.283. The van der Waals surface area contributed by atoms with Gasteiger partial charge in [-0.25, -0.2) is 9.59 Å². The van der Waals surface area contributed by atoms with Gasteiger partial charge in [0, 0.05) is 38.5 Å². The highest BCUT2D eigenvalue weighted by atomic mass is 16.5. The van der Waals surface area contributed by atoms with Crippen molar-refractivity contribution in [1.82, 2.24) is 20.4 Å². The molecule has 4 amide bonds. The van der Waals surface area contributed by atoms with E-state index in [0.29, 0.717) is 19.5 Å². The molecule has 0 unspecified atom stereocenters. The molecule has 1 aliphatic carbocycles. The van der Waals surface area contributed by atoms with Crippen LogP contribution in [0.4, 0.5) is 9.59 Å². The lowest BCUT2D eigenvalue weighted by Gasteiger charge is -2.30. The Labute approximate surface area is 315 Å². The number of carbonyl (C=O) groups is 4. The first kappa shape index (κ1) is 38.5. The first-order chi connectivity index (χ1) is 26.1. The third-order valence-electron chi connectivity index (χ3n) is 10.7. The first-order valence-electron chi connectivity index (χ1n) is 18.4. The number of allylic oxidation sites excluding steroid dienone is 4. The van der Waals surface area contributed by atoms with Crippen LogP contribution in [0.2, 0.25) is 0 Å². The van der Waals surface area contributed by atoms with Gasteiger partial charge in [0.25, 0.3) is 0 Å². The highest BCUT2D eigenvalue weighted by molar-refractivity contribution is 6.04. The van der Waals surface area contributed by atoms with E-state index < -0.39 is 30.4 Å². The molecule has 0 radical (unpaired) electrons. The zero-order valence-electron chi connectivity index (χ0n) is 31.2. The second-order valence-corrected chi connectivity index (χ2v) is 14.1. The maximum absolute atomic E-state index is 13.4. The van der Waals surface area contributed by atoms with Crippen molar-refractivity contribution >= 4 is 40.9 Å². The van der Waals surface area contributed by atoms with Crippen LogP contribution in [0.15, 0.2) is 77.4 Å². The summed E-state index contributed by atoms with van der Waals surface area (Å²) in [5, 5.41) is 15.3. The SMILES string of the molecule is COC[C@H](NC(=O)OC)C(=O)N1CCC[C@H]1C1=CC=C(c2ccc(-c3ccc(C4=CN=C([C@@H]5CCCN5C(=O)[C@@H](NC(=O)OC)[C@@H](C)O)C4)cc3)cc2)C1. The van der Waals surface area contributed by atoms with Crippen LogP contribution in [0.25, 0.3) is 22.3 Å². The molecular formula is C41H49N5O8. The number of hydrogen-bond acceptors (Lipinski definition) is 9. The fourth-order valence-corrected chi connectivity index (χ4v) is 7.84. The molecule has 286 valence electrons. The van der Waals surface area contributed by atoms with Gasteiger partial charge in [-0.15, -0.1) is 0 Å². The Hall–Kier alpha value is -5.27. The van der Waals surface area contributed by atoms with Crippen LogP contribution < -0.4 is 10.6 Å². The number of likely N-dealkylation sites (tertiary alicyclic amines) is 2. The van der Waals surface area contributed by atoms with Crippen LogP contribution in [0.5, 0.6) is 0 Å². The molecule has 0 aromatic heterocycles. The van der Waals surface area contributed by atoms with Crippen molar-refractivity contribution in [3.05, 3.63) is 83.6 Å².